The smallest absolute Gasteiger partial charge is 0.306 e. The summed E-state index contributed by atoms with van der Waals surface area (Å²) in [5.41, 5.74) is 3.17. The number of H-pyrrole nitrogens is 2. The molecule has 0 fully saturated rings. The van der Waals surface area contributed by atoms with Gasteiger partial charge in [-0.25, -0.2) is 15.0 Å². The van der Waals surface area contributed by atoms with E-state index in [1.54, 1.807) is 18.6 Å². The Hall–Kier alpha value is -3.86. The van der Waals surface area contributed by atoms with Gasteiger partial charge in [0.25, 0.3) is 5.56 Å². The van der Waals surface area contributed by atoms with Crippen LogP contribution in [0, 0.1) is 0 Å². The van der Waals surface area contributed by atoms with E-state index in [2.05, 4.69) is 35.0 Å². The van der Waals surface area contributed by atoms with E-state index in [4.69, 9.17) is 0 Å². The summed E-state index contributed by atoms with van der Waals surface area (Å²) in [5, 5.41) is 6.95. The van der Waals surface area contributed by atoms with Gasteiger partial charge in [-0.3, -0.25) is 14.8 Å². The molecule has 0 saturated carbocycles. The van der Waals surface area contributed by atoms with Gasteiger partial charge in [0.15, 0.2) is 0 Å². The number of hydrogen-bond acceptors (Lipinski definition) is 6. The fourth-order valence-corrected chi connectivity index (χ4v) is 3.92. The number of halogens is 3. The number of fused-ring (bicyclic) bond motifs is 1. The second-order valence-electron chi connectivity index (χ2n) is 7.77. The van der Waals surface area contributed by atoms with E-state index >= 15 is 0 Å². The van der Waals surface area contributed by atoms with Crippen LogP contribution in [0.15, 0.2) is 54.0 Å². The summed E-state index contributed by atoms with van der Waals surface area (Å²) < 4.78 is 38.6. The highest BCUT2D eigenvalue weighted by Crippen LogP contribution is 2.31. The maximum absolute atomic E-state index is 12.9. The molecule has 0 aliphatic carbocycles. The molecule has 0 saturated heterocycles. The molecular weight excluding hydrogens is 435 g/mol. The highest BCUT2D eigenvalue weighted by atomic mass is 19.4. The van der Waals surface area contributed by atoms with Gasteiger partial charge < -0.3 is 4.98 Å². The van der Waals surface area contributed by atoms with Crippen molar-refractivity contribution in [3.8, 4) is 22.6 Å². The first-order chi connectivity index (χ1) is 15.9. The number of alkyl halides is 3. The number of hydrogen-bond donors (Lipinski definition) is 2. The Morgan fingerprint density at radius 2 is 1.79 bits per heavy atom. The topological polar surface area (TPSA) is 103 Å². The molecular formula is C22H18F3N7O. The quantitative estimate of drug-likeness (QED) is 0.492. The molecule has 0 amide bonds. The van der Waals surface area contributed by atoms with Crippen LogP contribution < -0.4 is 5.56 Å². The van der Waals surface area contributed by atoms with Crippen molar-refractivity contribution < 1.29 is 13.2 Å². The van der Waals surface area contributed by atoms with Gasteiger partial charge in [0.2, 0.25) is 0 Å². The number of aromatic amines is 2. The maximum atomic E-state index is 12.9. The van der Waals surface area contributed by atoms with E-state index in [-0.39, 0.29) is 5.56 Å². The average molecular weight is 453 g/mol. The number of nitrogens with zero attached hydrogens (tertiary/aromatic N) is 5. The van der Waals surface area contributed by atoms with Gasteiger partial charge in [0.1, 0.15) is 12.2 Å². The van der Waals surface area contributed by atoms with E-state index in [1.807, 2.05) is 0 Å². The highest BCUT2D eigenvalue weighted by Gasteiger charge is 2.30. The van der Waals surface area contributed by atoms with Crippen LogP contribution in [0.3, 0.4) is 0 Å². The largest absolute Gasteiger partial charge is 0.416 e. The predicted octanol–water partition coefficient (Wildman–Crippen LogP) is 3.19. The van der Waals surface area contributed by atoms with Crippen molar-refractivity contribution >= 4 is 0 Å². The lowest BCUT2D eigenvalue weighted by atomic mass is 10.0. The summed E-state index contributed by atoms with van der Waals surface area (Å²) in [5.74, 6) is 0.437. The zero-order chi connectivity index (χ0) is 23.0. The molecule has 168 valence electrons. The highest BCUT2D eigenvalue weighted by molar-refractivity contribution is 5.63. The van der Waals surface area contributed by atoms with Gasteiger partial charge in [-0.05, 0) is 17.7 Å². The third-order valence-corrected chi connectivity index (χ3v) is 5.59. The number of nitrogens with one attached hydrogen (secondary N) is 2. The van der Waals surface area contributed by atoms with Crippen LogP contribution in [-0.4, -0.2) is 41.6 Å². The van der Waals surface area contributed by atoms with Crippen LogP contribution in [0.4, 0.5) is 13.2 Å². The molecule has 11 heteroatoms. The van der Waals surface area contributed by atoms with Gasteiger partial charge in [0.05, 0.1) is 34.3 Å². The molecule has 0 unspecified atom stereocenters. The molecule has 1 aliphatic heterocycles. The van der Waals surface area contributed by atoms with Crippen LogP contribution in [0.2, 0.25) is 0 Å². The van der Waals surface area contributed by atoms with Gasteiger partial charge in [-0.15, -0.1) is 0 Å². The standard InChI is InChI=1S/C22H18F3N7O/c23-22(24,25)16-3-1-13(2-4-16)19-15(9-28-31-19)10-32-6-5-18-17(11-32)21(33)30-20(29-18)14-7-26-12-27-8-14/h1-4,7-9,12H,5-6,10-11H2,(H,28,31)(H,29,30,33). The van der Waals surface area contributed by atoms with E-state index < -0.39 is 11.7 Å². The minimum Gasteiger partial charge on any atom is -0.306 e. The SMILES string of the molecule is O=c1[nH]c(-c2cncnc2)nc2c1CN(Cc1cn[nH]c1-c1ccc(C(F)(F)F)cc1)CC2. The fourth-order valence-electron chi connectivity index (χ4n) is 3.92. The lowest BCUT2D eigenvalue weighted by Gasteiger charge is -2.27. The van der Waals surface area contributed by atoms with Crippen molar-refractivity contribution in [3.63, 3.8) is 0 Å². The first kappa shape index (κ1) is 21.0. The molecule has 1 aromatic carbocycles. The molecule has 4 heterocycles. The van der Waals surface area contributed by atoms with E-state index in [0.717, 1.165) is 23.4 Å². The van der Waals surface area contributed by atoms with E-state index in [1.165, 1.54) is 18.5 Å². The second-order valence-corrected chi connectivity index (χ2v) is 7.77. The molecule has 3 aromatic heterocycles. The first-order valence-electron chi connectivity index (χ1n) is 10.2. The molecule has 0 bridgehead atoms. The third kappa shape index (κ3) is 4.27. The Labute approximate surface area is 185 Å². The molecule has 0 spiro atoms. The Kier molecular flexibility index (Phi) is 5.25. The molecule has 33 heavy (non-hydrogen) atoms. The van der Waals surface area contributed by atoms with Crippen LogP contribution in [0.1, 0.15) is 22.4 Å². The molecule has 5 rings (SSSR count). The fraction of sp³-hybridized carbons (Fsp3) is 0.227. The zero-order valence-electron chi connectivity index (χ0n) is 17.2. The summed E-state index contributed by atoms with van der Waals surface area (Å²) in [4.78, 5) is 30.1. The second kappa shape index (κ2) is 8.24. The Balaban J connectivity index is 1.35. The van der Waals surface area contributed by atoms with Gasteiger partial charge in [-0.1, -0.05) is 12.1 Å². The van der Waals surface area contributed by atoms with E-state index in [9.17, 15) is 18.0 Å². The summed E-state index contributed by atoms with van der Waals surface area (Å²) >= 11 is 0. The summed E-state index contributed by atoms with van der Waals surface area (Å²) in [6, 6.07) is 4.96. The molecule has 8 nitrogen and oxygen atoms in total. The van der Waals surface area contributed by atoms with Gasteiger partial charge >= 0.3 is 6.18 Å². The van der Waals surface area contributed by atoms with E-state index in [0.29, 0.717) is 54.3 Å². The predicted molar refractivity (Wildman–Crippen MR) is 113 cm³/mol. The van der Waals surface area contributed by atoms with Crippen LogP contribution in [-0.2, 0) is 25.7 Å². The zero-order valence-corrected chi connectivity index (χ0v) is 17.2. The van der Waals surface area contributed by atoms with Crippen molar-refractivity contribution in [1.29, 1.82) is 0 Å². The van der Waals surface area contributed by atoms with Crippen molar-refractivity contribution in [2.45, 2.75) is 25.7 Å². The number of aromatic nitrogens is 6. The van der Waals surface area contributed by atoms with Crippen LogP contribution >= 0.6 is 0 Å². The van der Waals surface area contributed by atoms with Crippen molar-refractivity contribution in [2.24, 2.45) is 0 Å². The summed E-state index contributed by atoms with van der Waals surface area (Å²) in [6.07, 6.45) is 2.46. The van der Waals surface area contributed by atoms with Crippen LogP contribution in [0.5, 0.6) is 0 Å². The molecule has 2 N–H and O–H groups in total. The molecule has 1 aliphatic rings. The summed E-state index contributed by atoms with van der Waals surface area (Å²) in [7, 11) is 0. The molecule has 0 radical (unpaired) electrons. The molecule has 0 atom stereocenters. The lowest BCUT2D eigenvalue weighted by molar-refractivity contribution is -0.137. The van der Waals surface area contributed by atoms with Crippen molar-refractivity contribution in [3.05, 3.63) is 81.9 Å². The Morgan fingerprint density at radius 3 is 2.52 bits per heavy atom. The monoisotopic (exact) mass is 453 g/mol. The van der Waals surface area contributed by atoms with Crippen molar-refractivity contribution in [2.75, 3.05) is 6.54 Å². The normalized spacial score (nSPS) is 14.3. The first-order valence-corrected chi connectivity index (χ1v) is 10.2. The van der Waals surface area contributed by atoms with Gasteiger partial charge in [-0.2, -0.15) is 18.3 Å². The maximum Gasteiger partial charge on any atom is 0.416 e. The minimum atomic E-state index is -4.38. The summed E-state index contributed by atoms with van der Waals surface area (Å²) in [6.45, 7) is 1.56. The van der Waals surface area contributed by atoms with Crippen LogP contribution in [0.25, 0.3) is 22.6 Å². The average Bonchev–Trinajstić information content (AvgIpc) is 3.27. The Bertz CT molecular complexity index is 1330. The Morgan fingerprint density at radius 1 is 1.03 bits per heavy atom. The van der Waals surface area contributed by atoms with Gasteiger partial charge in [0, 0.05) is 44.0 Å². The number of benzene rings is 1. The number of rotatable bonds is 4. The lowest BCUT2D eigenvalue weighted by Crippen LogP contribution is -2.35. The third-order valence-electron chi connectivity index (χ3n) is 5.59. The molecule has 4 aromatic rings. The minimum absolute atomic E-state index is 0.210. The van der Waals surface area contributed by atoms with Crippen molar-refractivity contribution in [1.82, 2.24) is 35.0 Å².